The number of rotatable bonds is 3. The van der Waals surface area contributed by atoms with Crippen molar-refractivity contribution >= 4 is 28.3 Å². The fourth-order valence-corrected chi connectivity index (χ4v) is 1.92. The predicted molar refractivity (Wildman–Crippen MR) is 70.9 cm³/mol. The second-order valence-corrected chi connectivity index (χ2v) is 4.14. The fourth-order valence-electron chi connectivity index (χ4n) is 1.92. The summed E-state index contributed by atoms with van der Waals surface area (Å²) in [6.45, 7) is 1.41. The average molecular weight is 259 g/mol. The third kappa shape index (κ3) is 2.47. The summed E-state index contributed by atoms with van der Waals surface area (Å²) in [5, 5.41) is 12.2. The van der Waals surface area contributed by atoms with E-state index in [0.717, 1.165) is 10.9 Å². The Hall–Kier alpha value is -2.63. The molecule has 0 bridgehead atoms. The maximum atomic E-state index is 11.9. The number of carbonyl (C=O) groups excluding carboxylic acids is 1. The Morgan fingerprint density at radius 3 is 2.84 bits per heavy atom. The highest BCUT2D eigenvalue weighted by Crippen LogP contribution is 2.25. The Kier molecular flexibility index (Phi) is 3.33. The summed E-state index contributed by atoms with van der Waals surface area (Å²) < 4.78 is 0. The van der Waals surface area contributed by atoms with Gasteiger partial charge in [-0.3, -0.25) is 14.6 Å². The lowest BCUT2D eigenvalue weighted by Crippen LogP contribution is -2.30. The quantitative estimate of drug-likeness (QED) is 0.711. The zero-order valence-electron chi connectivity index (χ0n) is 10.3. The number of carboxylic acids is 1. The number of amides is 1. The van der Waals surface area contributed by atoms with E-state index in [4.69, 9.17) is 10.8 Å². The molecule has 0 aliphatic rings. The van der Waals surface area contributed by atoms with Crippen molar-refractivity contribution in [2.75, 3.05) is 12.3 Å². The van der Waals surface area contributed by atoms with Crippen LogP contribution in [0.25, 0.3) is 10.8 Å². The number of anilines is 1. The molecule has 19 heavy (non-hydrogen) atoms. The number of pyridine rings is 1. The number of nitrogens with two attached hydrogens (primary N) is 1. The van der Waals surface area contributed by atoms with E-state index < -0.39 is 18.4 Å². The second kappa shape index (κ2) is 4.93. The third-order valence-corrected chi connectivity index (χ3v) is 2.75. The van der Waals surface area contributed by atoms with Crippen LogP contribution in [0.3, 0.4) is 0 Å². The van der Waals surface area contributed by atoms with Crippen LogP contribution < -0.4 is 11.1 Å². The molecule has 6 nitrogen and oxygen atoms in total. The molecule has 98 valence electrons. The van der Waals surface area contributed by atoms with Crippen LogP contribution in [0.15, 0.2) is 24.4 Å². The molecule has 2 rings (SSSR count). The minimum Gasteiger partial charge on any atom is -0.480 e. The van der Waals surface area contributed by atoms with E-state index in [1.165, 1.54) is 0 Å². The van der Waals surface area contributed by atoms with Gasteiger partial charge in [-0.1, -0.05) is 12.1 Å². The molecule has 1 heterocycles. The van der Waals surface area contributed by atoms with Crippen molar-refractivity contribution in [1.82, 2.24) is 10.3 Å². The summed E-state index contributed by atoms with van der Waals surface area (Å²) in [6.07, 6.45) is 1.55. The van der Waals surface area contributed by atoms with Gasteiger partial charge in [0.05, 0.1) is 0 Å². The van der Waals surface area contributed by atoms with Crippen molar-refractivity contribution < 1.29 is 14.7 Å². The standard InChI is InChI=1S/C13H13N3O3/c1-7-5-15-12(13(19)16-6-10(17)18)8-3-2-4-9(14)11(7)8/h2-5H,6,14H2,1H3,(H,16,19)(H,17,18). The number of nitrogens with zero attached hydrogens (tertiary/aromatic N) is 1. The Balaban J connectivity index is 2.50. The molecule has 0 saturated carbocycles. The van der Waals surface area contributed by atoms with Gasteiger partial charge < -0.3 is 16.2 Å². The number of aromatic nitrogens is 1. The highest BCUT2D eigenvalue weighted by Gasteiger charge is 2.14. The van der Waals surface area contributed by atoms with Crippen molar-refractivity contribution in [2.45, 2.75) is 6.92 Å². The number of carbonyl (C=O) groups is 2. The van der Waals surface area contributed by atoms with Crippen molar-refractivity contribution in [3.05, 3.63) is 35.7 Å². The molecule has 1 amide bonds. The average Bonchev–Trinajstić information content (AvgIpc) is 2.36. The normalized spacial score (nSPS) is 10.4. The van der Waals surface area contributed by atoms with Crippen LogP contribution in [-0.4, -0.2) is 28.5 Å². The highest BCUT2D eigenvalue weighted by molar-refractivity contribution is 6.09. The monoisotopic (exact) mass is 259 g/mol. The summed E-state index contributed by atoms with van der Waals surface area (Å²) in [5.74, 6) is -1.64. The molecule has 1 aromatic heterocycles. The first-order valence-corrected chi connectivity index (χ1v) is 5.64. The van der Waals surface area contributed by atoms with E-state index in [1.807, 2.05) is 6.92 Å². The van der Waals surface area contributed by atoms with Crippen LogP contribution in [0.1, 0.15) is 16.1 Å². The zero-order chi connectivity index (χ0) is 14.0. The molecule has 0 radical (unpaired) electrons. The van der Waals surface area contributed by atoms with Gasteiger partial charge in [0, 0.05) is 22.7 Å². The Morgan fingerprint density at radius 1 is 1.42 bits per heavy atom. The SMILES string of the molecule is Cc1cnc(C(=O)NCC(=O)O)c2cccc(N)c12. The van der Waals surface area contributed by atoms with E-state index in [1.54, 1.807) is 24.4 Å². The van der Waals surface area contributed by atoms with Gasteiger partial charge in [-0.2, -0.15) is 0 Å². The van der Waals surface area contributed by atoms with Crippen molar-refractivity contribution in [1.29, 1.82) is 0 Å². The van der Waals surface area contributed by atoms with Crippen molar-refractivity contribution in [2.24, 2.45) is 0 Å². The van der Waals surface area contributed by atoms with Gasteiger partial charge in [0.15, 0.2) is 0 Å². The lowest BCUT2D eigenvalue weighted by molar-refractivity contribution is -0.135. The van der Waals surface area contributed by atoms with E-state index >= 15 is 0 Å². The molecule has 0 saturated heterocycles. The van der Waals surface area contributed by atoms with E-state index in [0.29, 0.717) is 11.1 Å². The molecule has 6 heteroatoms. The molecule has 0 spiro atoms. The molecule has 0 aliphatic heterocycles. The van der Waals surface area contributed by atoms with Crippen molar-refractivity contribution in [3.8, 4) is 0 Å². The van der Waals surface area contributed by atoms with Crippen LogP contribution in [0, 0.1) is 6.92 Å². The van der Waals surface area contributed by atoms with E-state index in [-0.39, 0.29) is 5.69 Å². The molecular formula is C13H13N3O3. The van der Waals surface area contributed by atoms with Crippen LogP contribution in [0.2, 0.25) is 0 Å². The van der Waals surface area contributed by atoms with Gasteiger partial charge >= 0.3 is 5.97 Å². The van der Waals surface area contributed by atoms with Gasteiger partial charge in [-0.25, -0.2) is 0 Å². The molecule has 2 aromatic rings. The van der Waals surface area contributed by atoms with Gasteiger partial charge in [-0.05, 0) is 18.6 Å². The first kappa shape index (κ1) is 12.8. The first-order chi connectivity index (χ1) is 9.00. The van der Waals surface area contributed by atoms with Gasteiger partial charge in [0.25, 0.3) is 5.91 Å². The van der Waals surface area contributed by atoms with Crippen molar-refractivity contribution in [3.63, 3.8) is 0 Å². The highest BCUT2D eigenvalue weighted by atomic mass is 16.4. The number of fused-ring (bicyclic) bond motifs is 1. The van der Waals surface area contributed by atoms with Gasteiger partial charge in [-0.15, -0.1) is 0 Å². The lowest BCUT2D eigenvalue weighted by atomic mass is 10.0. The molecule has 0 atom stereocenters. The Labute approximate surface area is 109 Å². The lowest BCUT2D eigenvalue weighted by Gasteiger charge is -2.09. The second-order valence-electron chi connectivity index (χ2n) is 4.14. The number of hydrogen-bond acceptors (Lipinski definition) is 4. The number of nitrogens with one attached hydrogen (secondary N) is 1. The molecule has 4 N–H and O–H groups in total. The van der Waals surface area contributed by atoms with Crippen LogP contribution in [-0.2, 0) is 4.79 Å². The van der Waals surface area contributed by atoms with Gasteiger partial charge in [0.1, 0.15) is 12.2 Å². The molecule has 0 aliphatic carbocycles. The number of nitrogen functional groups attached to an aromatic ring is 1. The predicted octanol–water partition coefficient (Wildman–Crippen LogP) is 0.940. The van der Waals surface area contributed by atoms with Gasteiger partial charge in [0.2, 0.25) is 0 Å². The molecule has 0 unspecified atom stereocenters. The maximum Gasteiger partial charge on any atom is 0.322 e. The number of aliphatic carboxylic acids is 1. The third-order valence-electron chi connectivity index (χ3n) is 2.75. The Morgan fingerprint density at radius 2 is 2.16 bits per heavy atom. The maximum absolute atomic E-state index is 11.9. The largest absolute Gasteiger partial charge is 0.480 e. The summed E-state index contributed by atoms with van der Waals surface area (Å²) in [4.78, 5) is 26.4. The molecule has 1 aromatic carbocycles. The van der Waals surface area contributed by atoms with E-state index in [2.05, 4.69) is 10.3 Å². The van der Waals surface area contributed by atoms with Crippen LogP contribution >= 0.6 is 0 Å². The number of benzene rings is 1. The Bertz CT molecular complexity index is 659. The van der Waals surface area contributed by atoms with Crippen LogP contribution in [0.4, 0.5) is 5.69 Å². The van der Waals surface area contributed by atoms with Crippen LogP contribution in [0.5, 0.6) is 0 Å². The summed E-state index contributed by atoms with van der Waals surface area (Å²) in [5.41, 5.74) is 7.49. The minimum absolute atomic E-state index is 0.175. The number of carboxylic acid groups (broad SMARTS) is 1. The number of aryl methyl sites for hydroxylation is 1. The molecular weight excluding hydrogens is 246 g/mol. The molecule has 0 fully saturated rings. The summed E-state index contributed by atoms with van der Waals surface area (Å²) >= 11 is 0. The summed E-state index contributed by atoms with van der Waals surface area (Å²) in [7, 11) is 0. The summed E-state index contributed by atoms with van der Waals surface area (Å²) in [6, 6.07) is 5.21. The minimum atomic E-state index is -1.11. The smallest absolute Gasteiger partial charge is 0.322 e. The fraction of sp³-hybridized carbons (Fsp3) is 0.154. The topological polar surface area (TPSA) is 105 Å². The zero-order valence-corrected chi connectivity index (χ0v) is 10.3. The first-order valence-electron chi connectivity index (χ1n) is 5.64. The number of hydrogen-bond donors (Lipinski definition) is 3. The van der Waals surface area contributed by atoms with E-state index in [9.17, 15) is 9.59 Å².